The third kappa shape index (κ3) is 3.78. The number of nitrogens with zero attached hydrogens (tertiary/aromatic N) is 2. The Morgan fingerprint density at radius 3 is 2.82 bits per heavy atom. The van der Waals surface area contributed by atoms with Crippen LogP contribution in [0.25, 0.3) is 0 Å². The van der Waals surface area contributed by atoms with Gasteiger partial charge in [-0.1, -0.05) is 6.92 Å². The van der Waals surface area contributed by atoms with E-state index in [1.54, 1.807) is 32.4 Å². The number of aliphatic imine (C=N–C) groups is 1. The molecule has 0 atom stereocenters. The molecule has 0 N–H and O–H groups in total. The van der Waals surface area contributed by atoms with Gasteiger partial charge in [-0.2, -0.15) is 0 Å². The molecule has 1 aliphatic heterocycles. The summed E-state index contributed by atoms with van der Waals surface area (Å²) in [6.45, 7) is 4.38. The first kappa shape index (κ1) is 16.3. The van der Waals surface area contributed by atoms with Crippen LogP contribution in [0.15, 0.2) is 23.2 Å². The number of benzene rings is 1. The highest BCUT2D eigenvalue weighted by Crippen LogP contribution is 2.25. The van der Waals surface area contributed by atoms with Crippen molar-refractivity contribution in [2.24, 2.45) is 4.99 Å². The van der Waals surface area contributed by atoms with Crippen LogP contribution in [-0.2, 0) is 0 Å². The van der Waals surface area contributed by atoms with Crippen molar-refractivity contribution in [1.29, 1.82) is 0 Å². The van der Waals surface area contributed by atoms with E-state index >= 15 is 0 Å². The highest BCUT2D eigenvalue weighted by molar-refractivity contribution is 6.01. The Balaban J connectivity index is 2.09. The molecule has 1 saturated heterocycles. The van der Waals surface area contributed by atoms with Gasteiger partial charge in [-0.25, -0.2) is 0 Å². The molecule has 1 aliphatic rings. The van der Waals surface area contributed by atoms with Crippen molar-refractivity contribution in [3.63, 3.8) is 0 Å². The lowest BCUT2D eigenvalue weighted by molar-refractivity contribution is 0.0998. The van der Waals surface area contributed by atoms with Crippen LogP contribution in [0.1, 0.15) is 36.5 Å². The van der Waals surface area contributed by atoms with Crippen LogP contribution in [0.2, 0.25) is 0 Å². The van der Waals surface area contributed by atoms with Crippen LogP contribution in [0.3, 0.4) is 0 Å². The lowest BCUT2D eigenvalue weighted by atomic mass is 10.1. The van der Waals surface area contributed by atoms with Crippen molar-refractivity contribution in [2.75, 3.05) is 33.9 Å². The van der Waals surface area contributed by atoms with Gasteiger partial charge in [0.25, 0.3) is 0 Å². The monoisotopic (exact) mass is 304 g/mol. The first-order chi connectivity index (χ1) is 10.7. The van der Waals surface area contributed by atoms with Gasteiger partial charge in [-0.3, -0.25) is 9.79 Å². The fourth-order valence-electron chi connectivity index (χ4n) is 2.68. The predicted molar refractivity (Wildman–Crippen MR) is 87.3 cm³/mol. The number of hydrogen-bond donors (Lipinski definition) is 0. The van der Waals surface area contributed by atoms with E-state index in [9.17, 15) is 4.79 Å². The number of methoxy groups -OCH3 is 2. The summed E-state index contributed by atoms with van der Waals surface area (Å²) in [6, 6.07) is 5.22. The first-order valence-corrected chi connectivity index (χ1v) is 7.73. The summed E-state index contributed by atoms with van der Waals surface area (Å²) in [4.78, 5) is 19.2. The van der Waals surface area contributed by atoms with Crippen LogP contribution >= 0.6 is 0 Å². The second-order valence-electron chi connectivity index (χ2n) is 5.31. The fraction of sp³-hybridized carbons (Fsp3) is 0.529. The van der Waals surface area contributed by atoms with Gasteiger partial charge in [0.2, 0.25) is 0 Å². The van der Waals surface area contributed by atoms with Crippen LogP contribution < -0.4 is 9.47 Å². The van der Waals surface area contributed by atoms with Gasteiger partial charge < -0.3 is 14.4 Å². The number of ketones is 1. The maximum absolute atomic E-state index is 12.4. The molecule has 5 heteroatoms. The number of ether oxygens (including phenoxy) is 2. The number of Topliss-reactive ketones (excluding diaryl/α,β-unsaturated/α-hetero) is 1. The Hall–Kier alpha value is -2.04. The summed E-state index contributed by atoms with van der Waals surface area (Å²) in [6.07, 6.45) is 3.19. The number of amidine groups is 1. The molecular formula is C17H24N2O3. The zero-order valence-electron chi connectivity index (χ0n) is 13.6. The van der Waals surface area contributed by atoms with E-state index in [0.717, 1.165) is 38.2 Å². The quantitative estimate of drug-likeness (QED) is 0.727. The van der Waals surface area contributed by atoms with E-state index in [4.69, 9.17) is 9.47 Å². The summed E-state index contributed by atoms with van der Waals surface area (Å²) in [7, 11) is 3.14. The molecule has 0 aromatic heterocycles. The van der Waals surface area contributed by atoms with Gasteiger partial charge in [0.15, 0.2) is 5.78 Å². The van der Waals surface area contributed by atoms with Crippen LogP contribution in [0, 0.1) is 0 Å². The molecule has 0 spiro atoms. The van der Waals surface area contributed by atoms with Gasteiger partial charge in [0.1, 0.15) is 18.0 Å². The van der Waals surface area contributed by atoms with Crippen molar-refractivity contribution < 1.29 is 14.3 Å². The smallest absolute Gasteiger partial charge is 0.187 e. The van der Waals surface area contributed by atoms with E-state index < -0.39 is 0 Å². The van der Waals surface area contributed by atoms with Crippen LogP contribution in [-0.4, -0.2) is 50.4 Å². The van der Waals surface area contributed by atoms with Crippen molar-refractivity contribution in [3.8, 4) is 11.5 Å². The predicted octanol–water partition coefficient (Wildman–Crippen LogP) is 2.79. The molecule has 1 aromatic carbocycles. The Kier molecular flexibility index (Phi) is 5.81. The van der Waals surface area contributed by atoms with Crippen molar-refractivity contribution in [1.82, 2.24) is 4.90 Å². The molecule has 0 radical (unpaired) electrons. The van der Waals surface area contributed by atoms with Crippen molar-refractivity contribution in [3.05, 3.63) is 23.8 Å². The molecule has 0 aliphatic carbocycles. The largest absolute Gasteiger partial charge is 0.497 e. The van der Waals surface area contributed by atoms with Gasteiger partial charge in [0, 0.05) is 25.6 Å². The lowest BCUT2D eigenvalue weighted by Crippen LogP contribution is -2.26. The fourth-order valence-corrected chi connectivity index (χ4v) is 2.68. The van der Waals surface area contributed by atoms with E-state index in [2.05, 4.69) is 16.8 Å². The maximum Gasteiger partial charge on any atom is 0.187 e. The number of carbonyl (C=O) groups is 1. The Bertz CT molecular complexity index is 555. The molecule has 2 rings (SSSR count). The second kappa shape index (κ2) is 7.82. The molecule has 1 aromatic rings. The topological polar surface area (TPSA) is 51.1 Å². The molecule has 1 fully saturated rings. The Morgan fingerprint density at radius 1 is 1.32 bits per heavy atom. The van der Waals surface area contributed by atoms with Gasteiger partial charge in [-0.15, -0.1) is 0 Å². The Labute approximate surface area is 131 Å². The van der Waals surface area contributed by atoms with Crippen LogP contribution in [0.5, 0.6) is 11.5 Å². The summed E-state index contributed by atoms with van der Waals surface area (Å²) in [5.41, 5.74) is 0.549. The second-order valence-corrected chi connectivity index (χ2v) is 5.31. The summed E-state index contributed by atoms with van der Waals surface area (Å²) in [5.74, 6) is 2.23. The number of carbonyl (C=O) groups excluding carboxylic acids is 1. The molecule has 0 unspecified atom stereocenters. The molecule has 5 nitrogen and oxygen atoms in total. The Morgan fingerprint density at radius 2 is 2.14 bits per heavy atom. The third-order valence-electron chi connectivity index (χ3n) is 3.80. The van der Waals surface area contributed by atoms with Gasteiger partial charge >= 0.3 is 0 Å². The summed E-state index contributed by atoms with van der Waals surface area (Å²) >= 11 is 0. The molecule has 0 saturated carbocycles. The summed E-state index contributed by atoms with van der Waals surface area (Å²) in [5, 5.41) is 0. The highest BCUT2D eigenvalue weighted by Gasteiger charge is 2.18. The average Bonchev–Trinajstić information content (AvgIpc) is 2.99. The minimum atomic E-state index is -0.0321. The van der Waals surface area contributed by atoms with E-state index in [1.807, 2.05) is 0 Å². The number of hydrogen-bond acceptors (Lipinski definition) is 4. The molecule has 0 amide bonds. The van der Waals surface area contributed by atoms with Gasteiger partial charge in [-0.05, 0) is 25.0 Å². The molecule has 0 bridgehead atoms. The minimum absolute atomic E-state index is 0.0321. The molecular weight excluding hydrogens is 280 g/mol. The van der Waals surface area contributed by atoms with Crippen LogP contribution in [0.4, 0.5) is 0 Å². The van der Waals surface area contributed by atoms with E-state index in [0.29, 0.717) is 17.1 Å². The molecule has 120 valence electrons. The first-order valence-electron chi connectivity index (χ1n) is 7.73. The molecule has 1 heterocycles. The van der Waals surface area contributed by atoms with Gasteiger partial charge in [0.05, 0.1) is 25.6 Å². The standard InChI is InChI=1S/C17H24N2O3/c1-4-9-19-10-5-6-17(19)18-12-15(20)14-8-7-13(21-2)11-16(14)22-3/h7-8,11H,4-6,9-10,12H2,1-3H3/b18-17+. The number of rotatable bonds is 7. The maximum atomic E-state index is 12.4. The van der Waals surface area contributed by atoms with Crippen molar-refractivity contribution in [2.45, 2.75) is 26.2 Å². The third-order valence-corrected chi connectivity index (χ3v) is 3.80. The minimum Gasteiger partial charge on any atom is -0.497 e. The SMILES string of the molecule is CCCN1CCC/C1=N\CC(=O)c1ccc(OC)cc1OC. The normalized spacial score (nSPS) is 16.1. The highest BCUT2D eigenvalue weighted by atomic mass is 16.5. The lowest BCUT2D eigenvalue weighted by Gasteiger charge is -2.17. The average molecular weight is 304 g/mol. The van der Waals surface area contributed by atoms with Crippen molar-refractivity contribution >= 4 is 11.6 Å². The van der Waals surface area contributed by atoms with E-state index in [-0.39, 0.29) is 12.3 Å². The summed E-state index contributed by atoms with van der Waals surface area (Å²) < 4.78 is 10.4. The zero-order valence-corrected chi connectivity index (χ0v) is 13.6. The number of likely N-dealkylation sites (tertiary alicyclic amines) is 1. The molecule has 22 heavy (non-hydrogen) atoms. The van der Waals surface area contributed by atoms with E-state index in [1.165, 1.54) is 0 Å². The zero-order chi connectivity index (χ0) is 15.9.